The first kappa shape index (κ1) is 22.0. The van der Waals surface area contributed by atoms with E-state index in [0.717, 1.165) is 18.5 Å². The van der Waals surface area contributed by atoms with E-state index in [-0.39, 0.29) is 11.5 Å². The summed E-state index contributed by atoms with van der Waals surface area (Å²) < 4.78 is 3.93. The largest absolute Gasteiger partial charge is 0.369 e. The van der Waals surface area contributed by atoms with Crippen molar-refractivity contribution in [3.8, 4) is 0 Å². The molecule has 0 radical (unpaired) electrons. The molecule has 8 nitrogen and oxygen atoms in total. The highest BCUT2D eigenvalue weighted by Crippen LogP contribution is 2.33. The molecule has 0 bridgehead atoms. The summed E-state index contributed by atoms with van der Waals surface area (Å²) in [7, 11) is 0. The third-order valence-electron chi connectivity index (χ3n) is 4.99. The molecule has 0 aromatic carbocycles. The van der Waals surface area contributed by atoms with Crippen molar-refractivity contribution in [1.82, 2.24) is 23.8 Å². The molecule has 4 rings (SSSR count). The number of nitrogens with zero attached hydrogens (tertiary/aromatic N) is 5. The zero-order chi connectivity index (χ0) is 22.7. The van der Waals surface area contributed by atoms with Crippen LogP contribution < -0.4 is 10.9 Å². The topological polar surface area (TPSA) is 84.5 Å². The molecule has 1 fully saturated rings. The number of aryl methyl sites for hydroxylation is 2. The lowest BCUT2D eigenvalue weighted by atomic mass is 10.2. The molecule has 0 unspecified atom stereocenters. The number of carbonyl (C=O) groups excluding carboxylic acids is 1. The van der Waals surface area contributed by atoms with Gasteiger partial charge < -0.3 is 9.88 Å². The zero-order valence-electron chi connectivity index (χ0n) is 17.5. The monoisotopic (exact) mass is 466 g/mol. The molecule has 0 spiro atoms. The average Bonchev–Trinajstić information content (AvgIpc) is 3.38. The summed E-state index contributed by atoms with van der Waals surface area (Å²) in [6, 6.07) is 3.71. The van der Waals surface area contributed by atoms with Gasteiger partial charge in [0.1, 0.15) is 15.8 Å². The Labute approximate surface area is 194 Å². The highest BCUT2D eigenvalue weighted by molar-refractivity contribution is 8.26. The van der Waals surface area contributed by atoms with E-state index >= 15 is 0 Å². The molecule has 1 saturated heterocycles. The number of fused-ring (bicyclic) bond motifs is 1. The van der Waals surface area contributed by atoms with Crippen molar-refractivity contribution in [1.29, 1.82) is 0 Å². The predicted octanol–water partition coefficient (Wildman–Crippen LogP) is 3.09. The molecule has 164 valence electrons. The molecule has 3 aromatic rings. The van der Waals surface area contributed by atoms with Crippen LogP contribution in [-0.4, -0.2) is 47.2 Å². The van der Waals surface area contributed by atoms with E-state index in [9.17, 15) is 9.59 Å². The lowest BCUT2D eigenvalue weighted by Crippen LogP contribution is -2.28. The number of thiocarbonyl (C=S) groups is 1. The van der Waals surface area contributed by atoms with Gasteiger partial charge in [-0.25, -0.2) is 9.97 Å². The van der Waals surface area contributed by atoms with Crippen molar-refractivity contribution in [3.05, 3.63) is 76.1 Å². The number of pyridine rings is 1. The Kier molecular flexibility index (Phi) is 6.52. The highest BCUT2D eigenvalue weighted by Gasteiger charge is 2.31. The first-order chi connectivity index (χ1) is 15.5. The van der Waals surface area contributed by atoms with Gasteiger partial charge >= 0.3 is 0 Å². The summed E-state index contributed by atoms with van der Waals surface area (Å²) in [5, 5.41) is 3.29. The van der Waals surface area contributed by atoms with Crippen LogP contribution >= 0.6 is 24.0 Å². The zero-order valence-corrected chi connectivity index (χ0v) is 19.2. The van der Waals surface area contributed by atoms with Crippen LogP contribution in [0.15, 0.2) is 59.4 Å². The Morgan fingerprint density at radius 3 is 2.91 bits per heavy atom. The van der Waals surface area contributed by atoms with Gasteiger partial charge in [0.15, 0.2) is 0 Å². The molecule has 0 saturated carbocycles. The summed E-state index contributed by atoms with van der Waals surface area (Å²) in [4.78, 5) is 36.7. The van der Waals surface area contributed by atoms with Crippen molar-refractivity contribution in [2.75, 3.05) is 18.4 Å². The fraction of sp³-hybridized carbons (Fsp3) is 0.227. The molecule has 1 aliphatic heterocycles. The maximum Gasteiger partial charge on any atom is 0.267 e. The smallest absolute Gasteiger partial charge is 0.267 e. The molecule has 10 heteroatoms. The van der Waals surface area contributed by atoms with E-state index < -0.39 is 0 Å². The number of thioether (sulfide) groups is 1. The molecule has 3 aromatic heterocycles. The van der Waals surface area contributed by atoms with Crippen molar-refractivity contribution >= 4 is 51.7 Å². The minimum absolute atomic E-state index is 0.236. The second kappa shape index (κ2) is 9.49. The van der Waals surface area contributed by atoms with Crippen LogP contribution in [0.4, 0.5) is 5.82 Å². The van der Waals surface area contributed by atoms with E-state index in [1.165, 1.54) is 21.1 Å². The number of rotatable bonds is 8. The van der Waals surface area contributed by atoms with Crippen LogP contribution in [-0.2, 0) is 11.3 Å². The van der Waals surface area contributed by atoms with Crippen LogP contribution in [0.1, 0.15) is 17.5 Å². The van der Waals surface area contributed by atoms with Gasteiger partial charge in [-0.05, 0) is 31.1 Å². The first-order valence-electron chi connectivity index (χ1n) is 10.1. The van der Waals surface area contributed by atoms with Crippen LogP contribution in [0.3, 0.4) is 0 Å². The highest BCUT2D eigenvalue weighted by atomic mass is 32.2. The van der Waals surface area contributed by atoms with Gasteiger partial charge in [0.05, 0.1) is 16.8 Å². The van der Waals surface area contributed by atoms with E-state index in [1.807, 2.05) is 23.8 Å². The molecule has 0 atom stereocenters. The van der Waals surface area contributed by atoms with Crippen LogP contribution in [0.2, 0.25) is 0 Å². The maximum atomic E-state index is 13.3. The van der Waals surface area contributed by atoms with Gasteiger partial charge in [0, 0.05) is 38.2 Å². The lowest BCUT2D eigenvalue weighted by Gasteiger charge is -2.13. The summed E-state index contributed by atoms with van der Waals surface area (Å²) in [6.45, 7) is 7.30. The second-order valence-corrected chi connectivity index (χ2v) is 8.90. The van der Waals surface area contributed by atoms with Gasteiger partial charge in [0.25, 0.3) is 11.5 Å². The van der Waals surface area contributed by atoms with Gasteiger partial charge in [0.2, 0.25) is 0 Å². The summed E-state index contributed by atoms with van der Waals surface area (Å²) >= 11 is 6.49. The minimum Gasteiger partial charge on any atom is -0.369 e. The number of carbonyl (C=O) groups is 1. The lowest BCUT2D eigenvalue weighted by molar-refractivity contribution is -0.121. The maximum absolute atomic E-state index is 13.3. The molecular weight excluding hydrogens is 444 g/mol. The number of hydrogen-bond donors (Lipinski definition) is 1. The predicted molar refractivity (Wildman–Crippen MR) is 132 cm³/mol. The van der Waals surface area contributed by atoms with Crippen molar-refractivity contribution < 1.29 is 4.79 Å². The summed E-state index contributed by atoms with van der Waals surface area (Å²) in [5.74, 6) is 0.212. The molecule has 32 heavy (non-hydrogen) atoms. The number of hydrogen-bond acceptors (Lipinski definition) is 7. The van der Waals surface area contributed by atoms with Gasteiger partial charge in [-0.2, -0.15) is 0 Å². The number of nitrogens with one attached hydrogen (secondary N) is 1. The standard InChI is InChI=1S/C22H22N6O2S2/c1-3-9-28-21(30)17(32-22(28)31)13-16-18(24-7-5-10-26-12-8-23-14-26)25-19-15(2)6-4-11-27(19)20(16)29/h3-4,6,8,11-14,24H,1,5,7,9-10H2,2H3/b17-13+. The van der Waals surface area contributed by atoms with E-state index in [1.54, 1.807) is 36.9 Å². The van der Waals surface area contributed by atoms with Crippen molar-refractivity contribution in [3.63, 3.8) is 0 Å². The molecular formula is C22H22N6O2S2. The Bertz CT molecular complexity index is 1280. The number of aromatic nitrogens is 4. The normalized spacial score (nSPS) is 15.2. The van der Waals surface area contributed by atoms with Crippen LogP contribution in [0.5, 0.6) is 0 Å². The van der Waals surface area contributed by atoms with E-state index in [0.29, 0.717) is 39.3 Å². The van der Waals surface area contributed by atoms with E-state index in [4.69, 9.17) is 17.2 Å². The molecule has 4 heterocycles. The first-order valence-corrected chi connectivity index (χ1v) is 11.3. The number of imidazole rings is 1. The number of anilines is 1. The SMILES string of the molecule is C=CCN1C(=O)/C(=C\c2c(NCCCn3ccnc3)nc3c(C)cccn3c2=O)SC1=S. The summed E-state index contributed by atoms with van der Waals surface area (Å²) in [5.41, 5.74) is 1.54. The van der Waals surface area contributed by atoms with Crippen molar-refractivity contribution in [2.24, 2.45) is 0 Å². The molecule has 1 amide bonds. The Morgan fingerprint density at radius 1 is 1.31 bits per heavy atom. The second-order valence-electron chi connectivity index (χ2n) is 7.23. The Morgan fingerprint density at radius 2 is 2.16 bits per heavy atom. The fourth-order valence-electron chi connectivity index (χ4n) is 3.38. The Balaban J connectivity index is 1.69. The fourth-order valence-corrected chi connectivity index (χ4v) is 4.64. The molecule has 0 aliphatic carbocycles. The van der Waals surface area contributed by atoms with Crippen LogP contribution in [0, 0.1) is 6.92 Å². The Hall–Kier alpha value is -3.24. The average molecular weight is 467 g/mol. The minimum atomic E-state index is -0.246. The molecule has 1 N–H and O–H groups in total. The summed E-state index contributed by atoms with van der Waals surface area (Å²) in [6.07, 6.45) is 11.1. The molecule has 1 aliphatic rings. The quantitative estimate of drug-likeness (QED) is 0.236. The number of amides is 1. The van der Waals surface area contributed by atoms with Crippen LogP contribution in [0.25, 0.3) is 11.7 Å². The van der Waals surface area contributed by atoms with Gasteiger partial charge in [-0.1, -0.05) is 36.1 Å². The van der Waals surface area contributed by atoms with Gasteiger partial charge in [-0.3, -0.25) is 18.9 Å². The third-order valence-corrected chi connectivity index (χ3v) is 6.37. The van der Waals surface area contributed by atoms with Crippen molar-refractivity contribution in [2.45, 2.75) is 19.9 Å². The van der Waals surface area contributed by atoms with Gasteiger partial charge in [-0.15, -0.1) is 6.58 Å². The van der Waals surface area contributed by atoms with E-state index in [2.05, 4.69) is 16.9 Å². The third kappa shape index (κ3) is 4.37.